The van der Waals surface area contributed by atoms with Crippen LogP contribution in [-0.2, 0) is 0 Å². The number of rotatable bonds is 2. The maximum Gasteiger partial charge on any atom is 0.259 e. The summed E-state index contributed by atoms with van der Waals surface area (Å²) >= 11 is 5.66. The molecule has 0 heterocycles. The summed E-state index contributed by atoms with van der Waals surface area (Å²) in [7, 11) is 0. The number of benzene rings is 2. The number of nitrogens with two attached hydrogens (primary N) is 1. The Hall–Kier alpha value is -2.27. The largest absolute Gasteiger partial charge is 0.507 e. The van der Waals surface area contributed by atoms with Gasteiger partial charge in [0.15, 0.2) is 0 Å². The van der Waals surface area contributed by atoms with Gasteiger partial charge in [0.1, 0.15) is 11.6 Å². The van der Waals surface area contributed by atoms with Crippen molar-refractivity contribution in [1.82, 2.24) is 0 Å². The predicted molar refractivity (Wildman–Crippen MR) is 71.9 cm³/mol. The number of hydrogen-bond donors (Lipinski definition) is 3. The van der Waals surface area contributed by atoms with Crippen molar-refractivity contribution in [2.45, 2.75) is 0 Å². The quantitative estimate of drug-likeness (QED) is 0.740. The van der Waals surface area contributed by atoms with Gasteiger partial charge in [0.2, 0.25) is 0 Å². The van der Waals surface area contributed by atoms with Crippen molar-refractivity contribution in [3.63, 3.8) is 0 Å². The molecule has 2 aromatic carbocycles. The third-order valence-corrected chi connectivity index (χ3v) is 2.70. The van der Waals surface area contributed by atoms with Gasteiger partial charge in [-0.1, -0.05) is 11.6 Å². The van der Waals surface area contributed by atoms with Crippen molar-refractivity contribution < 1.29 is 14.3 Å². The minimum absolute atomic E-state index is 0.00709. The molecule has 0 radical (unpaired) electrons. The number of phenolic OH excluding ortho intramolecular Hbond substituents is 1. The van der Waals surface area contributed by atoms with E-state index in [0.29, 0.717) is 5.02 Å². The van der Waals surface area contributed by atoms with Gasteiger partial charge in [0.05, 0.1) is 11.3 Å². The maximum atomic E-state index is 13.2. The van der Waals surface area contributed by atoms with Crippen LogP contribution >= 0.6 is 11.6 Å². The molecule has 0 aliphatic carbocycles. The minimum Gasteiger partial charge on any atom is -0.507 e. The molecule has 0 bridgehead atoms. The summed E-state index contributed by atoms with van der Waals surface area (Å²) < 4.78 is 13.2. The molecule has 0 saturated heterocycles. The van der Waals surface area contributed by atoms with E-state index in [4.69, 9.17) is 17.3 Å². The molecule has 1 amide bonds. The van der Waals surface area contributed by atoms with Crippen molar-refractivity contribution >= 4 is 28.9 Å². The van der Waals surface area contributed by atoms with Gasteiger partial charge in [-0.05, 0) is 36.4 Å². The summed E-state index contributed by atoms with van der Waals surface area (Å²) in [5, 5.41) is 12.4. The molecule has 0 aromatic heterocycles. The number of nitrogen functional groups attached to an aromatic ring is 1. The van der Waals surface area contributed by atoms with Crippen LogP contribution in [0.2, 0.25) is 5.02 Å². The molecule has 0 aliphatic heterocycles. The molecular weight excluding hydrogens is 271 g/mol. The number of hydrogen-bond acceptors (Lipinski definition) is 3. The van der Waals surface area contributed by atoms with Gasteiger partial charge >= 0.3 is 0 Å². The first-order valence-corrected chi connectivity index (χ1v) is 5.70. The minimum atomic E-state index is -0.627. The molecule has 0 aliphatic rings. The number of amides is 1. The highest BCUT2D eigenvalue weighted by Gasteiger charge is 2.12. The standard InChI is InChI=1S/C13H10ClFN2O2/c14-7-1-3-9(12(18)5-7)13(19)17-8-2-4-11(16)10(15)6-8/h1-6,18H,16H2,(H,17,19). The lowest BCUT2D eigenvalue weighted by Crippen LogP contribution is -2.12. The summed E-state index contributed by atoms with van der Waals surface area (Å²) in [6, 6.07) is 8.00. The zero-order valence-electron chi connectivity index (χ0n) is 9.65. The molecule has 0 saturated carbocycles. The average Bonchev–Trinajstić information content (AvgIpc) is 2.33. The molecule has 4 nitrogen and oxygen atoms in total. The number of aromatic hydroxyl groups is 1. The molecule has 2 aromatic rings. The van der Waals surface area contributed by atoms with E-state index in [2.05, 4.69) is 5.32 Å². The number of halogens is 2. The normalized spacial score (nSPS) is 10.2. The second-order valence-corrected chi connectivity index (χ2v) is 4.29. The van der Waals surface area contributed by atoms with E-state index < -0.39 is 11.7 Å². The predicted octanol–water partition coefficient (Wildman–Crippen LogP) is 3.02. The van der Waals surface area contributed by atoms with Gasteiger partial charge in [-0.15, -0.1) is 0 Å². The fraction of sp³-hybridized carbons (Fsp3) is 0. The first-order valence-electron chi connectivity index (χ1n) is 5.32. The summed E-state index contributed by atoms with van der Waals surface area (Å²) in [6.45, 7) is 0. The smallest absolute Gasteiger partial charge is 0.259 e. The Kier molecular flexibility index (Phi) is 3.57. The molecule has 2 rings (SSSR count). The van der Waals surface area contributed by atoms with Crippen molar-refractivity contribution in [2.24, 2.45) is 0 Å². The number of carbonyl (C=O) groups excluding carboxylic acids is 1. The van der Waals surface area contributed by atoms with Gasteiger partial charge in [-0.3, -0.25) is 4.79 Å². The van der Waals surface area contributed by atoms with Crippen LogP contribution in [0, 0.1) is 5.82 Å². The summed E-state index contributed by atoms with van der Waals surface area (Å²) in [4.78, 5) is 11.9. The van der Waals surface area contributed by atoms with Crippen LogP contribution in [0.3, 0.4) is 0 Å². The Morgan fingerprint density at radius 1 is 1.26 bits per heavy atom. The van der Waals surface area contributed by atoms with E-state index in [1.807, 2.05) is 0 Å². The molecule has 0 atom stereocenters. The van der Waals surface area contributed by atoms with Crippen molar-refractivity contribution in [3.8, 4) is 5.75 Å². The van der Waals surface area contributed by atoms with Gasteiger partial charge in [0, 0.05) is 10.7 Å². The highest BCUT2D eigenvalue weighted by Crippen LogP contribution is 2.23. The molecule has 4 N–H and O–H groups in total. The molecule has 0 fully saturated rings. The first kappa shape index (κ1) is 13.2. The van der Waals surface area contributed by atoms with Crippen molar-refractivity contribution in [2.75, 3.05) is 11.1 Å². The van der Waals surface area contributed by atoms with E-state index >= 15 is 0 Å². The second kappa shape index (κ2) is 5.16. The van der Waals surface area contributed by atoms with E-state index in [-0.39, 0.29) is 22.7 Å². The average molecular weight is 281 g/mol. The third-order valence-electron chi connectivity index (χ3n) is 2.46. The zero-order chi connectivity index (χ0) is 14.0. The lowest BCUT2D eigenvalue weighted by Gasteiger charge is -2.08. The molecule has 19 heavy (non-hydrogen) atoms. The van der Waals surface area contributed by atoms with Gasteiger partial charge in [0.25, 0.3) is 5.91 Å². The highest BCUT2D eigenvalue weighted by molar-refractivity contribution is 6.30. The topological polar surface area (TPSA) is 75.3 Å². The van der Waals surface area contributed by atoms with Crippen molar-refractivity contribution in [1.29, 1.82) is 0 Å². The molecular formula is C13H10ClFN2O2. The van der Waals surface area contributed by atoms with Gasteiger partial charge in [-0.25, -0.2) is 4.39 Å². The number of phenols is 1. The molecule has 0 unspecified atom stereocenters. The Bertz CT molecular complexity index is 647. The van der Waals surface area contributed by atoms with E-state index in [0.717, 1.165) is 6.07 Å². The second-order valence-electron chi connectivity index (χ2n) is 3.85. The van der Waals surface area contributed by atoms with Gasteiger partial charge in [-0.2, -0.15) is 0 Å². The first-order chi connectivity index (χ1) is 8.97. The Balaban J connectivity index is 2.23. The van der Waals surface area contributed by atoms with Crippen LogP contribution < -0.4 is 11.1 Å². The zero-order valence-corrected chi connectivity index (χ0v) is 10.4. The third kappa shape index (κ3) is 2.95. The number of carbonyl (C=O) groups is 1. The summed E-state index contributed by atoms with van der Waals surface area (Å²) in [5.41, 5.74) is 5.61. The summed E-state index contributed by atoms with van der Waals surface area (Å²) in [5.74, 6) is -1.45. The fourth-order valence-corrected chi connectivity index (χ4v) is 1.67. The molecule has 0 spiro atoms. The van der Waals surface area contributed by atoms with E-state index in [1.54, 1.807) is 0 Å². The van der Waals surface area contributed by atoms with Crippen LogP contribution in [0.25, 0.3) is 0 Å². The van der Waals surface area contributed by atoms with Crippen LogP contribution in [0.4, 0.5) is 15.8 Å². The maximum absolute atomic E-state index is 13.2. The van der Waals surface area contributed by atoms with Crippen LogP contribution in [0.5, 0.6) is 5.75 Å². The lowest BCUT2D eigenvalue weighted by molar-refractivity contribution is 0.102. The van der Waals surface area contributed by atoms with Crippen LogP contribution in [0.1, 0.15) is 10.4 Å². The Morgan fingerprint density at radius 3 is 2.63 bits per heavy atom. The Morgan fingerprint density at radius 2 is 2.00 bits per heavy atom. The van der Waals surface area contributed by atoms with E-state index in [1.165, 1.54) is 30.3 Å². The molecule has 98 valence electrons. The Labute approximate surface area is 113 Å². The van der Waals surface area contributed by atoms with Crippen LogP contribution in [-0.4, -0.2) is 11.0 Å². The van der Waals surface area contributed by atoms with E-state index in [9.17, 15) is 14.3 Å². The van der Waals surface area contributed by atoms with Crippen molar-refractivity contribution in [3.05, 3.63) is 52.8 Å². The fourth-order valence-electron chi connectivity index (χ4n) is 1.50. The monoisotopic (exact) mass is 280 g/mol. The highest BCUT2D eigenvalue weighted by atomic mass is 35.5. The number of nitrogens with one attached hydrogen (secondary N) is 1. The van der Waals surface area contributed by atoms with Gasteiger partial charge < -0.3 is 16.2 Å². The number of anilines is 2. The summed E-state index contributed by atoms with van der Waals surface area (Å²) in [6.07, 6.45) is 0. The van der Waals surface area contributed by atoms with Crippen LogP contribution in [0.15, 0.2) is 36.4 Å². The lowest BCUT2D eigenvalue weighted by atomic mass is 10.2. The SMILES string of the molecule is Nc1ccc(NC(=O)c2ccc(Cl)cc2O)cc1F. The molecule has 6 heteroatoms.